The summed E-state index contributed by atoms with van der Waals surface area (Å²) in [4.78, 5) is 34.3. The van der Waals surface area contributed by atoms with E-state index in [0.717, 1.165) is 22.2 Å². The molecule has 2 aromatic heterocycles. The van der Waals surface area contributed by atoms with Crippen LogP contribution < -0.4 is 20.9 Å². The number of ether oxygens (including phenoxy) is 4. The van der Waals surface area contributed by atoms with E-state index in [1.807, 2.05) is 50.2 Å². The number of primary amides is 2. The topological polar surface area (TPSA) is 149 Å². The molecule has 4 aromatic rings. The highest BCUT2D eigenvalue weighted by molar-refractivity contribution is 6.00. The van der Waals surface area contributed by atoms with Crippen LogP contribution in [0.2, 0.25) is 0 Å². The highest BCUT2D eigenvalue weighted by atomic mass is 16.5. The third-order valence-corrected chi connectivity index (χ3v) is 6.18. The monoisotopic (exact) mass is 518 g/mol. The molecule has 2 aromatic carbocycles. The SMILES string of the molecule is COc1cc(C(OCCOCC(N)=O)(C(N)=O)c2cc(OC)cc3ccc(C)nc23)c2nc(C)ccc2c1. The van der Waals surface area contributed by atoms with E-state index in [4.69, 9.17) is 40.4 Å². The molecule has 38 heavy (non-hydrogen) atoms. The molecular weight excluding hydrogens is 488 g/mol. The Morgan fingerprint density at radius 1 is 0.789 bits per heavy atom. The highest BCUT2D eigenvalue weighted by Gasteiger charge is 2.46. The predicted molar refractivity (Wildman–Crippen MR) is 142 cm³/mol. The molecule has 10 nitrogen and oxygen atoms in total. The average molecular weight is 519 g/mol. The number of rotatable bonds is 11. The lowest BCUT2D eigenvalue weighted by Gasteiger charge is -2.33. The van der Waals surface area contributed by atoms with Crippen LogP contribution in [0.25, 0.3) is 21.8 Å². The number of carbonyl (C=O) groups excluding carboxylic acids is 2. The number of methoxy groups -OCH3 is 2. The van der Waals surface area contributed by atoms with Crippen LogP contribution in [0.1, 0.15) is 22.5 Å². The van der Waals surface area contributed by atoms with E-state index in [2.05, 4.69) is 0 Å². The quantitative estimate of drug-likeness (QED) is 0.288. The summed E-state index contributed by atoms with van der Waals surface area (Å²) in [7, 11) is 3.06. The van der Waals surface area contributed by atoms with E-state index < -0.39 is 17.4 Å². The van der Waals surface area contributed by atoms with Gasteiger partial charge in [0.15, 0.2) is 0 Å². The molecule has 0 aliphatic rings. The van der Waals surface area contributed by atoms with Crippen molar-refractivity contribution < 1.29 is 28.5 Å². The number of aryl methyl sites for hydroxylation is 2. The van der Waals surface area contributed by atoms with E-state index >= 15 is 0 Å². The Labute approximate surface area is 219 Å². The lowest BCUT2D eigenvalue weighted by Crippen LogP contribution is -2.46. The van der Waals surface area contributed by atoms with Crippen LogP contribution >= 0.6 is 0 Å². The summed E-state index contributed by atoms with van der Waals surface area (Å²) in [5.41, 5.74) is 12.7. The van der Waals surface area contributed by atoms with Crippen LogP contribution in [-0.4, -0.2) is 55.8 Å². The molecule has 0 aliphatic carbocycles. The van der Waals surface area contributed by atoms with Gasteiger partial charge in [0, 0.05) is 33.3 Å². The summed E-state index contributed by atoms with van der Waals surface area (Å²) >= 11 is 0. The standard InChI is InChI=1S/C28H30N4O6/c1-16-5-7-18-11-20(35-3)13-22(25(18)31-16)28(27(30)34,38-10-9-37-15-24(29)33)23-14-21(36-4)12-19-8-6-17(2)32-26(19)23/h5-8,11-14H,9-10,15H2,1-4H3,(H2,29,33)(H2,30,34). The predicted octanol–water partition coefficient (Wildman–Crippen LogP) is 2.66. The lowest BCUT2D eigenvalue weighted by atomic mass is 9.82. The average Bonchev–Trinajstić information content (AvgIpc) is 2.89. The first kappa shape index (κ1) is 26.8. The second kappa shape index (κ2) is 11.0. The molecule has 0 bridgehead atoms. The molecule has 0 fully saturated rings. The zero-order chi connectivity index (χ0) is 27.4. The lowest BCUT2D eigenvalue weighted by molar-refractivity contribution is -0.142. The minimum atomic E-state index is -1.89. The maximum Gasteiger partial charge on any atom is 0.259 e. The summed E-state index contributed by atoms with van der Waals surface area (Å²) < 4.78 is 22.9. The molecule has 2 amide bonds. The Morgan fingerprint density at radius 3 is 1.71 bits per heavy atom. The van der Waals surface area contributed by atoms with Gasteiger partial charge in [0.1, 0.15) is 18.1 Å². The molecular formula is C28H30N4O6. The molecule has 0 spiro atoms. The molecule has 198 valence electrons. The number of hydrogen-bond acceptors (Lipinski definition) is 8. The van der Waals surface area contributed by atoms with Gasteiger partial charge in [-0.05, 0) is 50.2 Å². The minimum absolute atomic E-state index is 0.0271. The second-order valence-corrected chi connectivity index (χ2v) is 8.81. The number of nitrogens with two attached hydrogens (primary N) is 2. The van der Waals surface area contributed by atoms with Gasteiger partial charge in [-0.1, -0.05) is 12.1 Å². The minimum Gasteiger partial charge on any atom is -0.497 e. The van der Waals surface area contributed by atoms with Gasteiger partial charge in [-0.15, -0.1) is 0 Å². The number of hydrogen-bond donors (Lipinski definition) is 2. The van der Waals surface area contributed by atoms with E-state index in [1.165, 1.54) is 14.2 Å². The third kappa shape index (κ3) is 5.09. The largest absolute Gasteiger partial charge is 0.497 e. The fourth-order valence-corrected chi connectivity index (χ4v) is 4.45. The number of pyridine rings is 2. The Balaban J connectivity index is 2.08. The number of fused-ring (bicyclic) bond motifs is 2. The van der Waals surface area contributed by atoms with Crippen molar-refractivity contribution in [3.05, 3.63) is 71.0 Å². The van der Waals surface area contributed by atoms with E-state index in [0.29, 0.717) is 33.7 Å². The van der Waals surface area contributed by atoms with E-state index in [1.54, 1.807) is 12.1 Å². The first-order valence-electron chi connectivity index (χ1n) is 11.9. The number of nitrogens with zero attached hydrogens (tertiary/aromatic N) is 2. The van der Waals surface area contributed by atoms with Crippen molar-refractivity contribution in [2.45, 2.75) is 19.4 Å². The van der Waals surface area contributed by atoms with Crippen molar-refractivity contribution in [2.75, 3.05) is 34.0 Å². The fraction of sp³-hybridized carbons (Fsp3) is 0.286. The second-order valence-electron chi connectivity index (χ2n) is 8.81. The maximum absolute atomic E-state index is 13.7. The zero-order valence-electron chi connectivity index (χ0n) is 21.7. The molecule has 4 rings (SSSR count). The van der Waals surface area contributed by atoms with Gasteiger partial charge in [-0.2, -0.15) is 0 Å². The summed E-state index contributed by atoms with van der Waals surface area (Å²) in [5.74, 6) is -0.464. The molecule has 0 radical (unpaired) electrons. The van der Waals surface area contributed by atoms with Gasteiger partial charge >= 0.3 is 0 Å². The van der Waals surface area contributed by atoms with Crippen molar-refractivity contribution in [1.82, 2.24) is 9.97 Å². The van der Waals surface area contributed by atoms with Gasteiger partial charge in [0.2, 0.25) is 11.5 Å². The number of carbonyl (C=O) groups is 2. The molecule has 0 saturated heterocycles. The molecule has 0 aliphatic heterocycles. The Hall–Kier alpha value is -4.28. The summed E-state index contributed by atoms with van der Waals surface area (Å²) in [6.07, 6.45) is 0. The van der Waals surface area contributed by atoms with Crippen molar-refractivity contribution in [3.63, 3.8) is 0 Å². The normalized spacial score (nSPS) is 11.6. The van der Waals surface area contributed by atoms with Crippen molar-refractivity contribution in [2.24, 2.45) is 11.5 Å². The summed E-state index contributed by atoms with van der Waals surface area (Å²) in [5, 5.41) is 1.45. The van der Waals surface area contributed by atoms with Gasteiger partial charge in [-0.3, -0.25) is 19.6 Å². The van der Waals surface area contributed by atoms with E-state index in [-0.39, 0.29) is 19.8 Å². The first-order chi connectivity index (χ1) is 18.2. The highest BCUT2D eigenvalue weighted by Crippen LogP contribution is 2.43. The maximum atomic E-state index is 13.7. The van der Waals surface area contributed by atoms with Crippen LogP contribution in [0, 0.1) is 13.8 Å². The smallest absolute Gasteiger partial charge is 0.259 e. The van der Waals surface area contributed by atoms with Gasteiger partial charge in [0.25, 0.3) is 5.91 Å². The summed E-state index contributed by atoms with van der Waals surface area (Å²) in [6, 6.07) is 14.5. The Morgan fingerprint density at radius 2 is 1.29 bits per heavy atom. The van der Waals surface area contributed by atoms with Gasteiger partial charge in [0.05, 0.1) is 38.5 Å². The van der Waals surface area contributed by atoms with Gasteiger partial charge < -0.3 is 30.4 Å². The molecule has 0 unspecified atom stereocenters. The molecule has 4 N–H and O–H groups in total. The molecule has 10 heteroatoms. The molecule has 2 heterocycles. The Kier molecular flexibility index (Phi) is 7.75. The van der Waals surface area contributed by atoms with Crippen molar-refractivity contribution >= 4 is 33.6 Å². The van der Waals surface area contributed by atoms with E-state index in [9.17, 15) is 9.59 Å². The van der Waals surface area contributed by atoms with Crippen molar-refractivity contribution in [3.8, 4) is 11.5 Å². The summed E-state index contributed by atoms with van der Waals surface area (Å²) in [6.45, 7) is 3.28. The van der Waals surface area contributed by atoms with Crippen LogP contribution in [0.15, 0.2) is 48.5 Å². The number of benzene rings is 2. The molecule has 0 saturated carbocycles. The Bertz CT molecular complexity index is 1430. The van der Waals surface area contributed by atoms with Crippen LogP contribution in [0.5, 0.6) is 11.5 Å². The van der Waals surface area contributed by atoms with Crippen molar-refractivity contribution in [1.29, 1.82) is 0 Å². The molecule has 0 atom stereocenters. The zero-order valence-corrected chi connectivity index (χ0v) is 21.7. The third-order valence-electron chi connectivity index (χ3n) is 6.18. The fourth-order valence-electron chi connectivity index (χ4n) is 4.45. The first-order valence-corrected chi connectivity index (χ1v) is 11.9. The van der Waals surface area contributed by atoms with Crippen LogP contribution in [0.4, 0.5) is 0 Å². The van der Waals surface area contributed by atoms with Crippen LogP contribution in [0.3, 0.4) is 0 Å². The number of amides is 2. The van der Waals surface area contributed by atoms with Gasteiger partial charge in [-0.25, -0.2) is 0 Å². The number of aromatic nitrogens is 2. The van der Waals surface area contributed by atoms with Crippen LogP contribution in [-0.2, 0) is 24.7 Å².